The summed E-state index contributed by atoms with van der Waals surface area (Å²) in [6.07, 6.45) is 54.4. The van der Waals surface area contributed by atoms with E-state index in [1.807, 2.05) is 38.1 Å². The van der Waals surface area contributed by atoms with Crippen molar-refractivity contribution in [2.75, 3.05) is 0 Å². The third kappa shape index (κ3) is 34.6. The highest BCUT2D eigenvalue weighted by molar-refractivity contribution is 5.27. The Hall–Kier alpha value is -3.71. The molecule has 12 saturated carbocycles. The van der Waals surface area contributed by atoms with Crippen molar-refractivity contribution in [1.29, 1.82) is 0 Å². The maximum Gasteiger partial charge on any atom is 0.182 e. The van der Waals surface area contributed by atoms with Crippen LogP contribution in [-0.2, 0) is 0 Å². The minimum Gasteiger partial charge on any atom is -0.290 e. The van der Waals surface area contributed by atoms with Gasteiger partial charge in [-0.3, -0.25) is 4.79 Å². The van der Waals surface area contributed by atoms with Gasteiger partial charge in [-0.15, -0.1) is 0 Å². The first-order chi connectivity index (χ1) is 67.1. The van der Waals surface area contributed by atoms with Crippen LogP contribution >= 0.6 is 0 Å². The first-order valence-electron chi connectivity index (χ1n) is 62.4. The van der Waals surface area contributed by atoms with Gasteiger partial charge in [-0.25, -0.2) is 0 Å². The van der Waals surface area contributed by atoms with Gasteiger partial charge in [0.05, 0.1) is 0 Å². The van der Waals surface area contributed by atoms with Crippen LogP contribution in [-0.4, -0.2) is 0 Å². The fraction of sp³-hybridized carbons (Fsp3) is 0.814. The average molecular weight is 2010 g/mol. The summed E-state index contributed by atoms with van der Waals surface area (Å²) < 4.78 is 0. The predicted molar refractivity (Wildman–Crippen MR) is 658 cm³/mol. The summed E-state index contributed by atoms with van der Waals surface area (Å²) >= 11 is 0. The maximum absolute atomic E-state index is 11.3. The third-order valence-electron chi connectivity index (χ3n) is 44.9. The molecule has 19 aliphatic carbocycles. The highest BCUT2D eigenvalue weighted by Gasteiger charge is 2.64. The molecule has 21 atom stereocenters. The van der Waals surface area contributed by atoms with E-state index >= 15 is 0 Å². The van der Waals surface area contributed by atoms with Crippen molar-refractivity contribution >= 4 is 0 Å². The van der Waals surface area contributed by atoms with Crippen molar-refractivity contribution in [1.82, 2.24) is 0 Å². The lowest BCUT2D eigenvalue weighted by Gasteiger charge is -2.60. The Morgan fingerprint density at radius 1 is 0.445 bits per heavy atom. The van der Waals surface area contributed by atoms with Crippen molar-refractivity contribution in [3.8, 4) is 0 Å². The highest BCUT2D eigenvalue weighted by atomic mass is 16.1. The molecule has 0 spiro atoms. The first kappa shape index (κ1) is 133. The number of rotatable bonds is 23. The van der Waals surface area contributed by atoms with Crippen molar-refractivity contribution in [2.24, 2.45) is 232 Å². The van der Waals surface area contributed by atoms with Crippen molar-refractivity contribution in [3.63, 3.8) is 0 Å². The normalized spacial score (nSPS) is 31.7. The third-order valence-corrected chi connectivity index (χ3v) is 44.9. The van der Waals surface area contributed by atoms with E-state index in [0.29, 0.717) is 60.1 Å². The van der Waals surface area contributed by atoms with Gasteiger partial charge in [0.2, 0.25) is 0 Å². The van der Waals surface area contributed by atoms with E-state index in [9.17, 15) is 4.79 Å². The molecule has 19 aliphatic rings. The largest absolute Gasteiger partial charge is 0.290 e. The zero-order valence-electron chi connectivity index (χ0n) is 107. The average Bonchev–Trinajstić information content (AvgIpc) is 1.47. The molecule has 1 aromatic rings. The minimum absolute atomic E-state index is 0.130. The second-order valence-corrected chi connectivity index (χ2v) is 62.1. The van der Waals surface area contributed by atoms with E-state index in [0.717, 1.165) is 190 Å². The molecule has 1 aromatic carbocycles. The smallest absolute Gasteiger partial charge is 0.182 e. The van der Waals surface area contributed by atoms with E-state index in [1.165, 1.54) is 190 Å². The molecule has 1 heteroatoms. The molecule has 840 valence electrons. The molecule has 146 heavy (non-hydrogen) atoms. The molecule has 1 nitrogen and oxygen atoms in total. The lowest BCUT2D eigenvalue weighted by Crippen LogP contribution is -2.52. The van der Waals surface area contributed by atoms with Crippen LogP contribution in [0.5, 0.6) is 0 Å². The summed E-state index contributed by atoms with van der Waals surface area (Å²) in [5.74, 6) is 27.1. The van der Waals surface area contributed by atoms with Crippen LogP contribution in [0.2, 0.25) is 0 Å². The van der Waals surface area contributed by atoms with Crippen LogP contribution in [0, 0.1) is 232 Å². The van der Waals surface area contributed by atoms with Gasteiger partial charge in [0.15, 0.2) is 5.43 Å². The first-order valence-corrected chi connectivity index (χ1v) is 62.4. The Kier molecular flexibility index (Phi) is 51.2. The molecule has 13 unspecified atom stereocenters. The van der Waals surface area contributed by atoms with Crippen LogP contribution in [0.15, 0.2) is 155 Å². The van der Waals surface area contributed by atoms with Gasteiger partial charge in [-0.1, -0.05) is 441 Å². The quantitative estimate of drug-likeness (QED) is 0.0788. The Morgan fingerprint density at radius 3 is 1.33 bits per heavy atom. The van der Waals surface area contributed by atoms with E-state index in [-0.39, 0.29) is 5.43 Å². The van der Waals surface area contributed by atoms with Gasteiger partial charge in [0, 0.05) is 5.56 Å². The van der Waals surface area contributed by atoms with Gasteiger partial charge in [-0.05, 0) is 464 Å². The molecule has 0 aliphatic heterocycles. The molecule has 0 heterocycles. The number of hydrogen-bond acceptors (Lipinski definition) is 1. The topological polar surface area (TPSA) is 17.1 Å². The second kappa shape index (κ2) is 56.3. The molecular formula is C145H254O. The standard InChI is InChI=1S/C14H24.C13H22.3C13H24.C13H22.C13H24.2C13H22.C13H24.C10H12O.C4H10/c1-9(2)6-11-7-10(3)12-8-13(11)14(12,4)5;1-8(2)11-6-10-7-12(9(11)3)13(10,4)5;2*1-9(2)11-8-10-6-7-13(11,5)12(10,3)4;2*1-9(2)7-10-5-6-11-8-12(10)13(11,3)4;1-10(2)13(4,5)12-8-6-11(3)7-9-12;1-9(2)12-7-6-11(5)13(8-12)10(3)4;1-10(2)9-12-5-7-13(8-6-12)11(3)4;1-7-12(4)9-8-10-13(5,6)11(2)3;1-8(2)9-6-4-3-5-7-10(9)11;1-4(2)3/h7,9,11-13H,6,8H2,1-5H3;8,10-12H,3,6-7H2,1-2,4-5H3;2*9-11H,6-8H2,1-5H3;9-12H,5-8H2,1-4H3;5,9,11-12H,6-8H2,1-4H3;6,10,12H,7-9H2,1-5H3;6,10,12-13H,1,7-8H2,2-5H3;5,10,13H,3,6-9H2,1-2,4H3;7,11H,1,4,8-10H2,2-3,5-6H3;3-8H,1-2H3;4H,1-3H3/t;10-,11?,12-;10-,11+,13+;10-,11-,13+;;;;;;;;/m.000......../s1. The van der Waals surface area contributed by atoms with Crippen LogP contribution in [0.25, 0.3) is 0 Å². The fourth-order valence-corrected chi connectivity index (χ4v) is 31.5. The lowest BCUT2D eigenvalue weighted by molar-refractivity contribution is -0.109. The van der Waals surface area contributed by atoms with E-state index in [2.05, 4.69) is 382 Å². The molecule has 0 N–H and O–H groups in total. The highest BCUT2D eigenvalue weighted by Crippen LogP contribution is 2.72. The number of allylic oxidation sites excluding steroid dienone is 15. The molecule has 0 radical (unpaired) electrons. The van der Waals surface area contributed by atoms with Crippen LogP contribution in [0.3, 0.4) is 0 Å². The molecule has 12 fully saturated rings. The van der Waals surface area contributed by atoms with Crippen LogP contribution in [0.4, 0.5) is 0 Å². The van der Waals surface area contributed by atoms with Gasteiger partial charge >= 0.3 is 0 Å². The zero-order valence-corrected chi connectivity index (χ0v) is 107. The summed E-state index contributed by atoms with van der Waals surface area (Å²) in [6, 6.07) is 9.03. The number of hydrogen-bond donors (Lipinski definition) is 0. The Bertz CT molecular complexity index is 4320. The summed E-state index contributed by atoms with van der Waals surface area (Å²) in [4.78, 5) is 11.3. The van der Waals surface area contributed by atoms with Crippen LogP contribution < -0.4 is 5.43 Å². The lowest BCUT2D eigenvalue weighted by atomic mass is 9.44. The predicted octanol–water partition coefficient (Wildman–Crippen LogP) is 45.8. The van der Waals surface area contributed by atoms with Gasteiger partial charge in [0.25, 0.3) is 0 Å². The maximum atomic E-state index is 11.3. The van der Waals surface area contributed by atoms with E-state index in [1.54, 1.807) is 52.0 Å². The molecule has 12 bridgehead atoms. The molecule has 20 rings (SSSR count). The molecular weight excluding hydrogens is 1760 g/mol. The van der Waals surface area contributed by atoms with Gasteiger partial charge in [-0.2, -0.15) is 0 Å². The van der Waals surface area contributed by atoms with Crippen molar-refractivity contribution in [2.45, 2.75) is 524 Å². The summed E-state index contributed by atoms with van der Waals surface area (Å²) in [5, 5.41) is 0. The fourth-order valence-electron chi connectivity index (χ4n) is 31.5. The Balaban J connectivity index is 0.000000282. The van der Waals surface area contributed by atoms with Crippen molar-refractivity contribution in [3.05, 3.63) is 166 Å². The van der Waals surface area contributed by atoms with E-state index < -0.39 is 0 Å². The van der Waals surface area contributed by atoms with E-state index in [4.69, 9.17) is 0 Å². The van der Waals surface area contributed by atoms with Gasteiger partial charge in [0.1, 0.15) is 0 Å². The number of fused-ring (bicyclic) bond motifs is 10. The van der Waals surface area contributed by atoms with Crippen LogP contribution in [0.1, 0.15) is 530 Å². The molecule has 0 saturated heterocycles. The van der Waals surface area contributed by atoms with Gasteiger partial charge < -0.3 is 0 Å². The SMILES string of the molecule is C=C(C)C1CC=C(C)C(C(C)C)C1.C=C(C)C1CC=C(CC(C)C)CC1.C=C1C(C(C)C)C[C@H]2C[C@@H]1C2(C)C.C=CC(=C)CCCC(C)(C)C(C)C.CC(C)C.CC(C)CC1=CCC2CC1C2(C)C.CC(C)CC1CCC2CC1C2(C)C.CC(C)[C@@H]1C[C@@H]2CC[C@@]1(C)C2(C)C.CC(C)[C@H]1C[C@@H]2CC[C@@]1(C)C2(C)C.CC(C)c1cccccc1=O.CC1=CC(CC(C)C)C2CC1C2(C)C.CC1=CCC(C(C)(C)C(C)C)CC1. The summed E-state index contributed by atoms with van der Waals surface area (Å²) in [6.45, 7) is 133. The summed E-state index contributed by atoms with van der Waals surface area (Å²) in [7, 11) is 0. The zero-order chi connectivity index (χ0) is 112. The Morgan fingerprint density at radius 2 is 0.959 bits per heavy atom. The minimum atomic E-state index is 0.130. The monoisotopic (exact) mass is 2010 g/mol. The second-order valence-electron chi connectivity index (χ2n) is 62.1. The molecule has 0 aromatic heterocycles. The Labute approximate surface area is 915 Å². The van der Waals surface area contributed by atoms with Crippen molar-refractivity contribution < 1.29 is 0 Å². The summed E-state index contributed by atoms with van der Waals surface area (Å²) in [5.41, 5.74) is 20.7. The molecule has 0 amide bonds.